The number of pyridine rings is 1. The SMILES string of the molecule is CN(C)C(=S)COc1cccc2ccc(-c3nc4ccccc4s3)nc12. The Hall–Kier alpha value is -2.57. The largest absolute Gasteiger partial charge is 0.484 e. The van der Waals surface area contributed by atoms with Crippen molar-refractivity contribution in [3.8, 4) is 16.5 Å². The molecular formula is C20H17N3OS2. The third-order valence-corrected chi connectivity index (χ3v) is 5.59. The number of thiazole rings is 1. The van der Waals surface area contributed by atoms with Crippen molar-refractivity contribution in [3.05, 3.63) is 54.6 Å². The van der Waals surface area contributed by atoms with E-state index in [2.05, 4.69) is 12.1 Å². The van der Waals surface area contributed by atoms with E-state index in [9.17, 15) is 0 Å². The van der Waals surface area contributed by atoms with Gasteiger partial charge in [0.15, 0.2) is 0 Å². The number of rotatable bonds is 4. The zero-order valence-corrected chi connectivity index (χ0v) is 16.1. The first-order chi connectivity index (χ1) is 12.6. The van der Waals surface area contributed by atoms with Crippen molar-refractivity contribution in [1.29, 1.82) is 0 Å². The second-order valence-electron chi connectivity index (χ2n) is 6.09. The minimum absolute atomic E-state index is 0.356. The van der Waals surface area contributed by atoms with Crippen LogP contribution >= 0.6 is 23.6 Å². The monoisotopic (exact) mass is 379 g/mol. The molecule has 26 heavy (non-hydrogen) atoms. The first kappa shape index (κ1) is 16.9. The number of hydrogen-bond acceptors (Lipinski definition) is 5. The van der Waals surface area contributed by atoms with Crippen LogP contribution in [0.3, 0.4) is 0 Å². The average Bonchev–Trinajstić information content (AvgIpc) is 3.09. The van der Waals surface area contributed by atoms with Gasteiger partial charge in [0.2, 0.25) is 0 Å². The van der Waals surface area contributed by atoms with E-state index in [4.69, 9.17) is 26.9 Å². The highest BCUT2D eigenvalue weighted by Gasteiger charge is 2.11. The summed E-state index contributed by atoms with van der Waals surface area (Å²) in [6.07, 6.45) is 0. The van der Waals surface area contributed by atoms with Crippen molar-refractivity contribution >= 4 is 49.7 Å². The van der Waals surface area contributed by atoms with Crippen LogP contribution in [0, 0.1) is 0 Å². The summed E-state index contributed by atoms with van der Waals surface area (Å²) in [7, 11) is 3.83. The van der Waals surface area contributed by atoms with E-state index in [-0.39, 0.29) is 0 Å². The van der Waals surface area contributed by atoms with E-state index >= 15 is 0 Å². The van der Waals surface area contributed by atoms with Gasteiger partial charge in [-0.1, -0.05) is 42.5 Å². The number of thiocarbonyl (C=S) groups is 1. The van der Waals surface area contributed by atoms with Gasteiger partial charge in [-0.2, -0.15) is 0 Å². The normalized spacial score (nSPS) is 11.0. The summed E-state index contributed by atoms with van der Waals surface area (Å²) in [5.41, 5.74) is 2.67. The molecule has 0 saturated carbocycles. The Balaban J connectivity index is 1.73. The molecule has 0 fully saturated rings. The fourth-order valence-corrected chi connectivity index (χ4v) is 3.60. The van der Waals surface area contributed by atoms with Crippen LogP contribution < -0.4 is 4.74 Å². The summed E-state index contributed by atoms with van der Waals surface area (Å²) in [6, 6.07) is 18.1. The summed E-state index contributed by atoms with van der Waals surface area (Å²) in [5.74, 6) is 0.731. The molecular weight excluding hydrogens is 362 g/mol. The lowest BCUT2D eigenvalue weighted by atomic mass is 10.2. The van der Waals surface area contributed by atoms with Crippen molar-refractivity contribution in [2.24, 2.45) is 0 Å². The molecule has 0 aliphatic heterocycles. The van der Waals surface area contributed by atoms with Gasteiger partial charge in [-0.3, -0.25) is 0 Å². The van der Waals surface area contributed by atoms with Crippen LogP contribution in [0.5, 0.6) is 5.75 Å². The molecule has 4 aromatic rings. The minimum atomic E-state index is 0.356. The van der Waals surface area contributed by atoms with Crippen LogP contribution in [0.25, 0.3) is 31.8 Å². The second-order valence-corrected chi connectivity index (χ2v) is 7.59. The number of hydrogen-bond donors (Lipinski definition) is 0. The lowest BCUT2D eigenvalue weighted by Crippen LogP contribution is -2.25. The van der Waals surface area contributed by atoms with E-state index < -0.39 is 0 Å². The maximum atomic E-state index is 5.93. The number of nitrogens with zero attached hydrogens (tertiary/aromatic N) is 3. The van der Waals surface area contributed by atoms with Gasteiger partial charge in [-0.15, -0.1) is 11.3 Å². The summed E-state index contributed by atoms with van der Waals surface area (Å²) < 4.78 is 7.09. The Labute approximate surface area is 161 Å². The molecule has 0 bridgehead atoms. The maximum absolute atomic E-state index is 5.93. The highest BCUT2D eigenvalue weighted by molar-refractivity contribution is 7.80. The van der Waals surface area contributed by atoms with Crippen molar-refractivity contribution in [2.45, 2.75) is 0 Å². The Morgan fingerprint density at radius 2 is 1.88 bits per heavy atom. The molecule has 0 unspecified atom stereocenters. The minimum Gasteiger partial charge on any atom is -0.484 e. The van der Waals surface area contributed by atoms with Crippen LogP contribution in [0.1, 0.15) is 0 Å². The van der Waals surface area contributed by atoms with Crippen LogP contribution in [0.15, 0.2) is 54.6 Å². The zero-order valence-electron chi connectivity index (χ0n) is 14.5. The molecule has 4 rings (SSSR count). The predicted octanol–water partition coefficient (Wildman–Crippen LogP) is 4.78. The smallest absolute Gasteiger partial charge is 0.146 e. The summed E-state index contributed by atoms with van der Waals surface area (Å²) >= 11 is 6.96. The van der Waals surface area contributed by atoms with Gasteiger partial charge in [0.05, 0.1) is 15.9 Å². The van der Waals surface area contributed by atoms with Crippen LogP contribution in [-0.4, -0.2) is 40.6 Å². The number of likely N-dealkylation sites (N-methyl/N-ethyl adjacent to an activating group) is 1. The summed E-state index contributed by atoms with van der Waals surface area (Å²) in [6.45, 7) is 0.356. The summed E-state index contributed by atoms with van der Waals surface area (Å²) in [4.78, 5) is 12.1. The number of ether oxygens (including phenoxy) is 1. The molecule has 0 atom stereocenters. The molecule has 2 aromatic carbocycles. The molecule has 0 spiro atoms. The molecule has 0 radical (unpaired) electrons. The summed E-state index contributed by atoms with van der Waals surface area (Å²) in [5, 5.41) is 1.94. The van der Waals surface area contributed by atoms with Crippen molar-refractivity contribution < 1.29 is 4.74 Å². The number of aromatic nitrogens is 2. The Morgan fingerprint density at radius 3 is 2.69 bits per heavy atom. The molecule has 0 N–H and O–H groups in total. The van der Waals surface area contributed by atoms with E-state index in [1.807, 2.05) is 61.5 Å². The lowest BCUT2D eigenvalue weighted by Gasteiger charge is -2.15. The van der Waals surface area contributed by atoms with Gasteiger partial charge >= 0.3 is 0 Å². The number of para-hydroxylation sites is 2. The van der Waals surface area contributed by atoms with Crippen LogP contribution in [0.4, 0.5) is 0 Å². The Kier molecular flexibility index (Phi) is 4.53. The van der Waals surface area contributed by atoms with Crippen molar-refractivity contribution in [3.63, 3.8) is 0 Å². The first-order valence-electron chi connectivity index (χ1n) is 8.20. The molecule has 0 amide bonds. The van der Waals surface area contributed by atoms with Crippen molar-refractivity contribution in [2.75, 3.05) is 20.7 Å². The van der Waals surface area contributed by atoms with E-state index in [1.54, 1.807) is 11.3 Å². The quantitative estimate of drug-likeness (QED) is 0.477. The fourth-order valence-electron chi connectivity index (χ4n) is 2.61. The van der Waals surface area contributed by atoms with Crippen LogP contribution in [0.2, 0.25) is 0 Å². The Morgan fingerprint density at radius 1 is 1.04 bits per heavy atom. The average molecular weight is 380 g/mol. The number of benzene rings is 2. The van der Waals surface area contributed by atoms with Crippen LogP contribution in [-0.2, 0) is 0 Å². The third kappa shape index (κ3) is 3.25. The molecule has 0 saturated heterocycles. The molecule has 130 valence electrons. The molecule has 0 aliphatic carbocycles. The lowest BCUT2D eigenvalue weighted by molar-refractivity contribution is 0.367. The van der Waals surface area contributed by atoms with Gasteiger partial charge in [-0.25, -0.2) is 9.97 Å². The molecule has 4 nitrogen and oxygen atoms in total. The first-order valence-corrected chi connectivity index (χ1v) is 9.43. The highest BCUT2D eigenvalue weighted by atomic mass is 32.1. The molecule has 0 aliphatic rings. The predicted molar refractivity (Wildman–Crippen MR) is 112 cm³/mol. The number of fused-ring (bicyclic) bond motifs is 2. The zero-order chi connectivity index (χ0) is 18.1. The van der Waals surface area contributed by atoms with Gasteiger partial charge in [0.1, 0.15) is 27.9 Å². The second kappa shape index (κ2) is 6.97. The standard InChI is InChI=1S/C20H17N3OS2/c1-23(2)18(25)12-24-16-8-5-6-13-10-11-15(21-19(13)16)20-22-14-7-3-4-9-17(14)26-20/h3-11H,12H2,1-2H3. The van der Waals surface area contributed by atoms with Gasteiger partial charge in [-0.05, 0) is 24.3 Å². The molecule has 6 heteroatoms. The third-order valence-electron chi connectivity index (χ3n) is 4.05. The van der Waals surface area contributed by atoms with E-state index in [1.165, 1.54) is 0 Å². The Bertz CT molecular complexity index is 1070. The van der Waals surface area contributed by atoms with E-state index in [0.29, 0.717) is 6.61 Å². The van der Waals surface area contributed by atoms with E-state index in [0.717, 1.165) is 42.6 Å². The maximum Gasteiger partial charge on any atom is 0.146 e. The fraction of sp³-hybridized carbons (Fsp3) is 0.150. The molecule has 2 heterocycles. The van der Waals surface area contributed by atoms with Gasteiger partial charge in [0.25, 0.3) is 0 Å². The molecule has 2 aromatic heterocycles. The highest BCUT2D eigenvalue weighted by Crippen LogP contribution is 2.32. The van der Waals surface area contributed by atoms with Crippen molar-refractivity contribution in [1.82, 2.24) is 14.9 Å². The van der Waals surface area contributed by atoms with Gasteiger partial charge < -0.3 is 9.64 Å². The van der Waals surface area contributed by atoms with Gasteiger partial charge in [0, 0.05) is 19.5 Å². The topological polar surface area (TPSA) is 38.2 Å².